The Morgan fingerprint density at radius 3 is 1.81 bits per heavy atom. The van der Waals surface area contributed by atoms with Gasteiger partial charge >= 0.3 is 0 Å². The standard InChI is InChI=1S/C45H41NO9.H2O2/c1-9-12-23-19(2)30-34(44(23,5)6)40(53)42(55)41(54)35(30)46(27-17-25-32(39(52)37(27)50)21-13-10-11-14-24(21)43(25,3)4)36-31-22-15-20(47)16-28(48)33(22)45(7,8)26(31)18-29(49)38(36)51;1-2/h9-18,47-55H,1-2H2,3-8H3;1-2H/b23-12+;. The predicted octanol–water partition coefficient (Wildman–Crippen LogP) is 9.55. The molecule has 12 nitrogen and oxygen atoms in total. The average Bonchev–Trinajstić information content (AvgIpc) is 3.61. The molecule has 12 heteroatoms. The maximum absolute atomic E-state index is 12.3. The number of aromatic hydroxyl groups is 9. The first-order chi connectivity index (χ1) is 26.7. The number of hydrogen-bond donors (Lipinski definition) is 11. The second kappa shape index (κ2) is 12.4. The second-order valence-electron chi connectivity index (χ2n) is 16.1. The first-order valence-corrected chi connectivity index (χ1v) is 17.9. The molecule has 0 spiro atoms. The molecule has 294 valence electrons. The van der Waals surface area contributed by atoms with Crippen molar-refractivity contribution >= 4 is 22.6 Å². The highest BCUT2D eigenvalue weighted by atomic mass is 17.0. The van der Waals surface area contributed by atoms with Crippen LogP contribution in [-0.2, 0) is 16.2 Å². The summed E-state index contributed by atoms with van der Waals surface area (Å²) in [5.41, 5.74) is 1.31. The zero-order valence-corrected chi connectivity index (χ0v) is 32.1. The van der Waals surface area contributed by atoms with E-state index in [2.05, 4.69) is 13.2 Å². The molecule has 0 unspecified atom stereocenters. The molecule has 0 heterocycles. The van der Waals surface area contributed by atoms with E-state index in [4.69, 9.17) is 10.5 Å². The maximum atomic E-state index is 12.3. The van der Waals surface area contributed by atoms with Crippen LogP contribution in [0.5, 0.6) is 51.7 Å². The summed E-state index contributed by atoms with van der Waals surface area (Å²) >= 11 is 0. The Kier molecular flexibility index (Phi) is 8.36. The normalized spacial score (nSPS) is 16.6. The van der Waals surface area contributed by atoms with Crippen molar-refractivity contribution in [3.63, 3.8) is 0 Å². The third-order valence-corrected chi connectivity index (χ3v) is 12.0. The van der Waals surface area contributed by atoms with Gasteiger partial charge in [-0.25, -0.2) is 0 Å². The van der Waals surface area contributed by atoms with Gasteiger partial charge in [0.1, 0.15) is 22.9 Å². The zero-order valence-electron chi connectivity index (χ0n) is 32.1. The molecule has 5 aromatic carbocycles. The van der Waals surface area contributed by atoms with E-state index < -0.39 is 56.5 Å². The van der Waals surface area contributed by atoms with Crippen molar-refractivity contribution in [1.82, 2.24) is 0 Å². The first kappa shape index (κ1) is 38.5. The van der Waals surface area contributed by atoms with Crippen LogP contribution in [0.3, 0.4) is 0 Å². The molecule has 0 saturated carbocycles. The Hall–Kier alpha value is -6.76. The van der Waals surface area contributed by atoms with Gasteiger partial charge in [0.05, 0.1) is 5.69 Å². The summed E-state index contributed by atoms with van der Waals surface area (Å²) in [5.74, 6) is -5.50. The lowest BCUT2D eigenvalue weighted by molar-refractivity contribution is -0.176. The average molecular weight is 774 g/mol. The summed E-state index contributed by atoms with van der Waals surface area (Å²) in [7, 11) is 0. The van der Waals surface area contributed by atoms with Gasteiger partial charge in [0.25, 0.3) is 0 Å². The molecular weight excluding hydrogens is 730 g/mol. The zero-order chi connectivity index (χ0) is 42.0. The highest BCUT2D eigenvalue weighted by Crippen LogP contribution is 2.68. The quantitative estimate of drug-likeness (QED) is 0.0466. The molecule has 0 fully saturated rings. The van der Waals surface area contributed by atoms with Crippen LogP contribution in [0.4, 0.5) is 17.1 Å². The smallest absolute Gasteiger partial charge is 0.202 e. The number of fused-ring (bicyclic) bond motifs is 7. The van der Waals surface area contributed by atoms with E-state index in [0.29, 0.717) is 39.0 Å². The van der Waals surface area contributed by atoms with Gasteiger partial charge in [-0.1, -0.05) is 91.1 Å². The lowest BCUT2D eigenvalue weighted by Crippen LogP contribution is -2.19. The van der Waals surface area contributed by atoms with Gasteiger partial charge < -0.3 is 46.0 Å². The number of benzene rings is 5. The summed E-state index contributed by atoms with van der Waals surface area (Å²) in [6, 6.07) is 13.0. The number of allylic oxidation sites excluding steroid dienone is 4. The van der Waals surface area contributed by atoms with Crippen molar-refractivity contribution in [2.24, 2.45) is 0 Å². The molecule has 0 aromatic heterocycles. The van der Waals surface area contributed by atoms with Gasteiger partial charge in [0, 0.05) is 50.1 Å². The Morgan fingerprint density at radius 1 is 0.544 bits per heavy atom. The Morgan fingerprint density at radius 2 is 1.16 bits per heavy atom. The van der Waals surface area contributed by atoms with Gasteiger partial charge in [0.2, 0.25) is 5.75 Å². The summed E-state index contributed by atoms with van der Waals surface area (Å²) in [6.45, 7) is 19.2. The molecule has 5 aromatic rings. The van der Waals surface area contributed by atoms with Crippen LogP contribution in [-0.4, -0.2) is 56.5 Å². The minimum absolute atomic E-state index is 0.126. The van der Waals surface area contributed by atoms with Gasteiger partial charge in [-0.15, -0.1) is 0 Å². The van der Waals surface area contributed by atoms with E-state index >= 15 is 0 Å². The molecule has 11 N–H and O–H groups in total. The lowest BCUT2D eigenvalue weighted by atomic mass is 9.81. The molecule has 3 aliphatic rings. The third-order valence-electron chi connectivity index (χ3n) is 12.0. The predicted molar refractivity (Wildman–Crippen MR) is 217 cm³/mol. The molecule has 57 heavy (non-hydrogen) atoms. The Bertz CT molecular complexity index is 2670. The number of phenols is 9. The SMILES string of the molecule is C=C/C=C1\C(=C)c2c(N(c3cc4c(c(O)c3O)-c3ccccc3C4(C)C)c3c(O)c(O)cc4c3-c3cc(O)cc(O)c3C4(C)C)c(O)c(O)c(O)c2C1(C)C.OO. The van der Waals surface area contributed by atoms with Crippen LogP contribution < -0.4 is 4.90 Å². The highest BCUT2D eigenvalue weighted by molar-refractivity contribution is 6.08. The van der Waals surface area contributed by atoms with E-state index in [1.165, 1.54) is 23.1 Å². The largest absolute Gasteiger partial charge is 0.508 e. The molecule has 0 aliphatic heterocycles. The topological polar surface area (TPSA) is 226 Å². The van der Waals surface area contributed by atoms with Gasteiger partial charge in [-0.3, -0.25) is 15.4 Å². The van der Waals surface area contributed by atoms with Gasteiger partial charge in [0.15, 0.2) is 34.5 Å². The Labute approximate surface area is 327 Å². The molecule has 0 saturated heterocycles. The van der Waals surface area contributed by atoms with Crippen LogP contribution >= 0.6 is 0 Å². The number of rotatable bonds is 4. The van der Waals surface area contributed by atoms with Crippen LogP contribution in [0.25, 0.3) is 27.8 Å². The van der Waals surface area contributed by atoms with E-state index in [-0.39, 0.29) is 50.8 Å². The fourth-order valence-electron chi connectivity index (χ4n) is 9.44. The van der Waals surface area contributed by atoms with Crippen molar-refractivity contribution in [3.8, 4) is 74.0 Å². The van der Waals surface area contributed by atoms with Gasteiger partial charge in [-0.2, -0.15) is 0 Å². The molecular formula is C45H43NO11. The second-order valence-corrected chi connectivity index (χ2v) is 16.1. The summed E-state index contributed by atoms with van der Waals surface area (Å²) in [5, 5.41) is 117. The first-order valence-electron chi connectivity index (χ1n) is 17.9. The molecule has 8 rings (SSSR count). The van der Waals surface area contributed by atoms with Gasteiger partial charge in [-0.05, 0) is 57.2 Å². The van der Waals surface area contributed by atoms with Crippen LogP contribution in [0.2, 0.25) is 0 Å². The maximum Gasteiger partial charge on any atom is 0.202 e. The van der Waals surface area contributed by atoms with Crippen LogP contribution in [0.1, 0.15) is 74.9 Å². The van der Waals surface area contributed by atoms with Crippen molar-refractivity contribution in [2.45, 2.75) is 57.8 Å². The fourth-order valence-corrected chi connectivity index (χ4v) is 9.44. The minimum Gasteiger partial charge on any atom is -0.508 e. The lowest BCUT2D eigenvalue weighted by Gasteiger charge is -2.34. The molecule has 3 aliphatic carbocycles. The number of phenolic OH excluding ortho intramolecular Hbond substituents is 9. The fraction of sp³-hybridized carbons (Fsp3) is 0.200. The molecule has 0 radical (unpaired) electrons. The summed E-state index contributed by atoms with van der Waals surface area (Å²) in [4.78, 5) is 1.22. The van der Waals surface area contributed by atoms with E-state index in [1.807, 2.05) is 38.1 Å². The minimum atomic E-state index is -1.05. The van der Waals surface area contributed by atoms with Crippen LogP contribution in [0.15, 0.2) is 79.4 Å². The van der Waals surface area contributed by atoms with Crippen molar-refractivity contribution < 1.29 is 56.5 Å². The summed E-state index contributed by atoms with van der Waals surface area (Å²) in [6.07, 6.45) is 3.23. The monoisotopic (exact) mass is 773 g/mol. The number of anilines is 3. The number of nitrogens with zero attached hydrogens (tertiary/aromatic N) is 1. The van der Waals surface area contributed by atoms with Crippen molar-refractivity contribution in [1.29, 1.82) is 0 Å². The van der Waals surface area contributed by atoms with Crippen LogP contribution in [0, 0.1) is 0 Å². The number of hydrogen-bond acceptors (Lipinski definition) is 12. The van der Waals surface area contributed by atoms with E-state index in [1.54, 1.807) is 45.9 Å². The molecule has 0 atom stereocenters. The molecule has 0 amide bonds. The Balaban J connectivity index is 0.00000244. The highest BCUT2D eigenvalue weighted by Gasteiger charge is 2.49. The van der Waals surface area contributed by atoms with E-state index in [0.717, 1.165) is 5.56 Å². The van der Waals surface area contributed by atoms with Crippen molar-refractivity contribution in [3.05, 3.63) is 113 Å². The third kappa shape index (κ3) is 4.80. The van der Waals surface area contributed by atoms with E-state index in [9.17, 15) is 46.0 Å². The summed E-state index contributed by atoms with van der Waals surface area (Å²) < 4.78 is 0. The molecule has 0 bridgehead atoms. The van der Waals surface area contributed by atoms with Crippen molar-refractivity contribution in [2.75, 3.05) is 4.90 Å².